The molecule has 0 atom stereocenters. The lowest BCUT2D eigenvalue weighted by atomic mass is 9.77. The number of nitriles is 1. The summed E-state index contributed by atoms with van der Waals surface area (Å²) in [6.07, 6.45) is 6.37. The molecule has 4 heterocycles. The zero-order valence-corrected chi connectivity index (χ0v) is 19.6. The average molecular weight is 448 g/mol. The molecular formula is C26H33N5O2. The summed E-state index contributed by atoms with van der Waals surface area (Å²) in [5.74, 6) is 0.806. The van der Waals surface area contributed by atoms with Gasteiger partial charge in [0.2, 0.25) is 0 Å². The Labute approximate surface area is 196 Å². The van der Waals surface area contributed by atoms with Gasteiger partial charge in [-0.05, 0) is 87.5 Å². The Morgan fingerprint density at radius 2 is 1.91 bits per heavy atom. The molecule has 174 valence electrons. The minimum atomic E-state index is -0.187. The van der Waals surface area contributed by atoms with Gasteiger partial charge in [0.1, 0.15) is 18.5 Å². The molecule has 0 unspecified atom stereocenters. The van der Waals surface area contributed by atoms with E-state index in [-0.39, 0.29) is 5.97 Å². The summed E-state index contributed by atoms with van der Waals surface area (Å²) in [6.45, 7) is 7.99. The van der Waals surface area contributed by atoms with E-state index in [1.165, 1.54) is 37.4 Å². The Morgan fingerprint density at radius 3 is 2.61 bits per heavy atom. The van der Waals surface area contributed by atoms with E-state index in [1.54, 1.807) is 6.20 Å². The number of pyridine rings is 1. The smallest absolute Gasteiger partial charge is 0.338 e. The van der Waals surface area contributed by atoms with Crippen LogP contribution >= 0.6 is 0 Å². The summed E-state index contributed by atoms with van der Waals surface area (Å²) in [5.41, 5.74) is 9.87. The number of fused-ring (bicyclic) bond motifs is 1. The van der Waals surface area contributed by atoms with Crippen molar-refractivity contribution in [2.45, 2.75) is 39.2 Å². The van der Waals surface area contributed by atoms with Crippen LogP contribution in [0.15, 0.2) is 30.5 Å². The van der Waals surface area contributed by atoms with Crippen molar-refractivity contribution in [3.8, 4) is 6.07 Å². The molecule has 0 bridgehead atoms. The Kier molecular flexibility index (Phi) is 6.96. The Balaban J connectivity index is 0.00000126. The van der Waals surface area contributed by atoms with Gasteiger partial charge >= 0.3 is 5.97 Å². The Morgan fingerprint density at radius 1 is 1.15 bits per heavy atom. The third-order valence-electron chi connectivity index (χ3n) is 7.53. The highest BCUT2D eigenvalue weighted by Gasteiger charge is 2.40. The number of anilines is 1. The molecule has 0 saturated carbocycles. The fourth-order valence-electron chi connectivity index (χ4n) is 5.38. The van der Waals surface area contributed by atoms with Gasteiger partial charge in [0.05, 0.1) is 11.1 Å². The summed E-state index contributed by atoms with van der Waals surface area (Å²) in [6, 6.07) is 10.0. The maximum Gasteiger partial charge on any atom is 0.338 e. The van der Waals surface area contributed by atoms with Gasteiger partial charge in [0.25, 0.3) is 0 Å². The van der Waals surface area contributed by atoms with Crippen LogP contribution in [-0.2, 0) is 17.8 Å². The van der Waals surface area contributed by atoms with E-state index >= 15 is 0 Å². The minimum absolute atomic E-state index is 0.187. The number of hydrogen-bond donors (Lipinski definition) is 1. The number of aromatic nitrogens is 1. The van der Waals surface area contributed by atoms with Gasteiger partial charge in [-0.1, -0.05) is 6.07 Å². The lowest BCUT2D eigenvalue weighted by Crippen LogP contribution is -2.42. The monoisotopic (exact) mass is 447 g/mol. The molecule has 5 rings (SSSR count). The van der Waals surface area contributed by atoms with Crippen molar-refractivity contribution in [2.75, 3.05) is 44.7 Å². The third kappa shape index (κ3) is 4.73. The molecule has 2 N–H and O–H groups in total. The van der Waals surface area contributed by atoms with Gasteiger partial charge in [-0.15, -0.1) is 0 Å². The first-order valence-corrected chi connectivity index (χ1v) is 11.8. The number of esters is 1. The number of carbonyl (C=O) groups is 1. The fourth-order valence-corrected chi connectivity index (χ4v) is 5.38. The fraction of sp³-hybridized carbons (Fsp3) is 0.500. The van der Waals surface area contributed by atoms with E-state index < -0.39 is 0 Å². The van der Waals surface area contributed by atoms with Crippen LogP contribution in [-0.4, -0.2) is 55.6 Å². The predicted octanol–water partition coefficient (Wildman–Crippen LogP) is 3.04. The van der Waals surface area contributed by atoms with Crippen molar-refractivity contribution in [3.63, 3.8) is 0 Å². The summed E-state index contributed by atoms with van der Waals surface area (Å²) in [7, 11) is 1.50. The normalized spacial score (nSPS) is 19.0. The Bertz CT molecular complexity index is 1040. The van der Waals surface area contributed by atoms with E-state index in [4.69, 9.17) is 10.00 Å². The number of likely N-dealkylation sites (tertiary alicyclic amines) is 1. The number of ether oxygens (including phenoxy) is 1. The van der Waals surface area contributed by atoms with Gasteiger partial charge in [-0.2, -0.15) is 5.26 Å². The zero-order chi connectivity index (χ0) is 23.4. The number of benzene rings is 1. The van der Waals surface area contributed by atoms with E-state index in [0.29, 0.717) is 17.6 Å². The molecule has 0 aliphatic carbocycles. The molecule has 2 aromatic rings. The van der Waals surface area contributed by atoms with E-state index in [0.717, 1.165) is 56.1 Å². The molecule has 2 saturated heterocycles. The zero-order valence-electron chi connectivity index (χ0n) is 19.6. The molecule has 3 aliphatic heterocycles. The summed E-state index contributed by atoms with van der Waals surface area (Å²) in [4.78, 5) is 21.2. The van der Waals surface area contributed by atoms with Crippen LogP contribution in [0.4, 0.5) is 5.82 Å². The number of carbonyl (C=O) groups excluding carboxylic acids is 1. The molecule has 2 fully saturated rings. The van der Waals surface area contributed by atoms with Crippen LogP contribution < -0.4 is 10.6 Å². The van der Waals surface area contributed by atoms with Crippen molar-refractivity contribution in [3.05, 3.63) is 58.3 Å². The second-order valence-electron chi connectivity index (χ2n) is 9.23. The number of nitrogens with zero attached hydrogens (tertiary/aromatic N) is 4. The van der Waals surface area contributed by atoms with Crippen molar-refractivity contribution in [1.29, 1.82) is 5.26 Å². The van der Waals surface area contributed by atoms with Crippen molar-refractivity contribution < 1.29 is 9.53 Å². The second-order valence-corrected chi connectivity index (χ2v) is 9.23. The van der Waals surface area contributed by atoms with E-state index in [9.17, 15) is 4.79 Å². The van der Waals surface area contributed by atoms with Gasteiger partial charge in [-0.3, -0.25) is 0 Å². The number of nitrogens with two attached hydrogens (primary N) is 1. The first-order valence-electron chi connectivity index (χ1n) is 11.8. The molecular weight excluding hydrogens is 414 g/mol. The minimum Gasteiger partial charge on any atom is -0.457 e. The topological polar surface area (TPSA) is 95.5 Å². The molecule has 1 spiro atoms. The molecule has 7 nitrogen and oxygen atoms in total. The largest absolute Gasteiger partial charge is 0.457 e. The molecule has 7 heteroatoms. The summed E-state index contributed by atoms with van der Waals surface area (Å²) < 4.78 is 5.19. The van der Waals surface area contributed by atoms with Crippen LogP contribution in [0.25, 0.3) is 0 Å². The predicted molar refractivity (Wildman–Crippen MR) is 128 cm³/mol. The molecule has 0 amide bonds. The van der Waals surface area contributed by atoms with E-state index in [1.807, 2.05) is 18.2 Å². The quantitative estimate of drug-likeness (QED) is 0.720. The van der Waals surface area contributed by atoms with Crippen LogP contribution in [0.5, 0.6) is 0 Å². The molecule has 0 radical (unpaired) electrons. The number of piperidine rings is 1. The third-order valence-corrected chi connectivity index (χ3v) is 7.53. The van der Waals surface area contributed by atoms with Crippen LogP contribution in [0.2, 0.25) is 0 Å². The maximum atomic E-state index is 11.7. The summed E-state index contributed by atoms with van der Waals surface area (Å²) >= 11 is 0. The average Bonchev–Trinajstić information content (AvgIpc) is 3.45. The van der Waals surface area contributed by atoms with Crippen molar-refractivity contribution >= 4 is 11.8 Å². The molecule has 3 aliphatic rings. The van der Waals surface area contributed by atoms with Gasteiger partial charge in [0.15, 0.2) is 0 Å². The van der Waals surface area contributed by atoms with Crippen molar-refractivity contribution in [2.24, 2.45) is 11.1 Å². The maximum absolute atomic E-state index is 11.7. The highest BCUT2D eigenvalue weighted by Crippen LogP contribution is 2.41. The molecule has 33 heavy (non-hydrogen) atoms. The summed E-state index contributed by atoms with van der Waals surface area (Å²) in [5, 5.41) is 8.97. The highest BCUT2D eigenvalue weighted by atomic mass is 16.5. The molecule has 1 aromatic carbocycles. The number of cyclic esters (lactones) is 1. The first-order chi connectivity index (χ1) is 16.1. The lowest BCUT2D eigenvalue weighted by molar-refractivity contribution is 0.0535. The van der Waals surface area contributed by atoms with Gasteiger partial charge in [-0.25, -0.2) is 9.78 Å². The van der Waals surface area contributed by atoms with Crippen molar-refractivity contribution in [1.82, 2.24) is 9.88 Å². The van der Waals surface area contributed by atoms with Gasteiger partial charge < -0.3 is 20.3 Å². The lowest BCUT2D eigenvalue weighted by Gasteiger charge is -2.39. The first kappa shape index (κ1) is 23.2. The SMILES string of the molecule is CN.Cc1c(CCN2CCC3(CC2)CCN(c2ccc(C#N)cn2)C3)ccc2c1COC2=O. The standard InChI is InChI=1S/C25H28N4O2.CH5N/c1-18-20(3-4-21-22(18)16-31-24(21)30)6-10-28-11-7-25(8-12-28)9-13-29(17-25)23-5-2-19(14-26)15-27-23;1-2/h2-5,15H,6-13,16-17H2,1H3;2H2,1H3. The highest BCUT2D eigenvalue weighted by molar-refractivity contribution is 5.93. The van der Waals surface area contributed by atoms with E-state index in [2.05, 4.69) is 39.6 Å². The number of rotatable bonds is 4. The second kappa shape index (κ2) is 9.90. The van der Waals surface area contributed by atoms with Crippen LogP contribution in [0.3, 0.4) is 0 Å². The van der Waals surface area contributed by atoms with Crippen LogP contribution in [0, 0.1) is 23.7 Å². The van der Waals surface area contributed by atoms with Gasteiger partial charge in [0, 0.05) is 31.4 Å². The van der Waals surface area contributed by atoms with Crippen LogP contribution in [0.1, 0.15) is 51.9 Å². The number of hydrogen-bond acceptors (Lipinski definition) is 7. The Hall–Kier alpha value is -2.95. The molecule has 1 aromatic heterocycles.